The van der Waals surface area contributed by atoms with Gasteiger partial charge in [-0.3, -0.25) is 0 Å². The molecule has 0 bridgehead atoms. The maximum Gasteiger partial charge on any atom is -0.00149 e. The van der Waals surface area contributed by atoms with E-state index in [0.717, 1.165) is 24.9 Å². The summed E-state index contributed by atoms with van der Waals surface area (Å²) in [6.45, 7) is 9.17. The summed E-state index contributed by atoms with van der Waals surface area (Å²) in [6, 6.07) is 2.25. The summed E-state index contributed by atoms with van der Waals surface area (Å²) in [5, 5.41) is 7.98. The highest BCUT2D eigenvalue weighted by atomic mass is 32.1. The minimum absolute atomic E-state index is 0.759. The van der Waals surface area contributed by atoms with Gasteiger partial charge >= 0.3 is 0 Å². The first-order chi connectivity index (χ1) is 7.24. The summed E-state index contributed by atoms with van der Waals surface area (Å²) in [4.78, 5) is 0. The molecule has 1 unspecified atom stereocenters. The Morgan fingerprint density at radius 1 is 1.40 bits per heavy atom. The molecule has 0 spiro atoms. The minimum atomic E-state index is 0.759. The van der Waals surface area contributed by atoms with Gasteiger partial charge < -0.3 is 5.32 Å². The van der Waals surface area contributed by atoms with Crippen LogP contribution in [-0.2, 0) is 6.42 Å². The van der Waals surface area contributed by atoms with Gasteiger partial charge in [-0.2, -0.15) is 11.3 Å². The van der Waals surface area contributed by atoms with Gasteiger partial charge in [-0.1, -0.05) is 20.8 Å². The number of nitrogens with one attached hydrogen (secondary N) is 1. The van der Waals surface area contributed by atoms with E-state index in [9.17, 15) is 0 Å². The van der Waals surface area contributed by atoms with Crippen molar-refractivity contribution in [3.05, 3.63) is 22.4 Å². The van der Waals surface area contributed by atoms with E-state index in [-0.39, 0.29) is 0 Å². The Labute approximate surface area is 97.9 Å². The number of thiophene rings is 1. The first kappa shape index (κ1) is 12.7. The van der Waals surface area contributed by atoms with Crippen molar-refractivity contribution in [2.75, 3.05) is 13.1 Å². The molecule has 0 saturated carbocycles. The highest BCUT2D eigenvalue weighted by Gasteiger charge is 2.13. The second kappa shape index (κ2) is 7.02. The van der Waals surface area contributed by atoms with Crippen molar-refractivity contribution >= 4 is 11.3 Å². The molecule has 0 aromatic carbocycles. The number of hydrogen-bond donors (Lipinski definition) is 1. The van der Waals surface area contributed by atoms with E-state index < -0.39 is 0 Å². The molecular weight excluding hydrogens is 202 g/mol. The van der Waals surface area contributed by atoms with E-state index >= 15 is 0 Å². The van der Waals surface area contributed by atoms with Crippen LogP contribution >= 0.6 is 11.3 Å². The van der Waals surface area contributed by atoms with Crippen LogP contribution < -0.4 is 5.32 Å². The van der Waals surface area contributed by atoms with Crippen LogP contribution in [0.3, 0.4) is 0 Å². The Bertz CT molecular complexity index is 241. The zero-order valence-electron chi connectivity index (χ0n) is 10.1. The molecule has 2 heteroatoms. The predicted molar refractivity (Wildman–Crippen MR) is 69.5 cm³/mol. The number of rotatable bonds is 7. The molecule has 1 atom stereocenters. The molecule has 86 valence electrons. The Morgan fingerprint density at radius 2 is 2.20 bits per heavy atom. The van der Waals surface area contributed by atoms with Gasteiger partial charge in [0.2, 0.25) is 0 Å². The number of hydrogen-bond acceptors (Lipinski definition) is 2. The molecule has 1 nitrogen and oxygen atoms in total. The Kier molecular flexibility index (Phi) is 5.96. The fourth-order valence-corrected chi connectivity index (χ4v) is 2.40. The lowest BCUT2D eigenvalue weighted by Crippen LogP contribution is -2.28. The molecule has 0 amide bonds. The van der Waals surface area contributed by atoms with Crippen LogP contribution in [0, 0.1) is 11.8 Å². The van der Waals surface area contributed by atoms with Crippen LogP contribution in [0.15, 0.2) is 16.8 Å². The van der Waals surface area contributed by atoms with Crippen molar-refractivity contribution in [3.63, 3.8) is 0 Å². The molecule has 0 radical (unpaired) electrons. The van der Waals surface area contributed by atoms with E-state index in [1.807, 2.05) is 0 Å². The van der Waals surface area contributed by atoms with Crippen LogP contribution in [0.1, 0.15) is 32.8 Å². The molecule has 1 heterocycles. The molecule has 0 aliphatic rings. The zero-order chi connectivity index (χ0) is 11.1. The normalized spacial score (nSPS) is 13.3. The standard InChI is InChI=1S/C13H23NS/c1-4-6-14-9-13(11(2)3)8-12-5-7-15-10-12/h5,7,10-11,13-14H,4,6,8-9H2,1-3H3. The third-order valence-corrected chi connectivity index (χ3v) is 3.59. The quantitative estimate of drug-likeness (QED) is 0.700. The smallest absolute Gasteiger partial charge is 0.00149 e. The second-order valence-corrected chi connectivity index (χ2v) is 5.32. The van der Waals surface area contributed by atoms with Gasteiger partial charge in [0.15, 0.2) is 0 Å². The third kappa shape index (κ3) is 4.80. The minimum Gasteiger partial charge on any atom is -0.316 e. The van der Waals surface area contributed by atoms with Crippen molar-refractivity contribution in [1.29, 1.82) is 0 Å². The highest BCUT2D eigenvalue weighted by molar-refractivity contribution is 7.07. The monoisotopic (exact) mass is 225 g/mol. The van der Waals surface area contributed by atoms with Crippen molar-refractivity contribution < 1.29 is 0 Å². The van der Waals surface area contributed by atoms with Crippen LogP contribution in [0.2, 0.25) is 0 Å². The summed E-state index contributed by atoms with van der Waals surface area (Å²) in [7, 11) is 0. The second-order valence-electron chi connectivity index (χ2n) is 4.54. The summed E-state index contributed by atoms with van der Waals surface area (Å²) >= 11 is 1.80. The maximum absolute atomic E-state index is 3.53. The van der Waals surface area contributed by atoms with Gasteiger partial charge in [0.1, 0.15) is 0 Å². The molecule has 0 saturated heterocycles. The summed E-state index contributed by atoms with van der Waals surface area (Å²) < 4.78 is 0. The molecule has 1 aromatic heterocycles. The van der Waals surface area contributed by atoms with Gasteiger partial charge in [0.25, 0.3) is 0 Å². The SMILES string of the molecule is CCCNCC(Cc1ccsc1)C(C)C. The lowest BCUT2D eigenvalue weighted by atomic mass is 9.90. The largest absolute Gasteiger partial charge is 0.316 e. The van der Waals surface area contributed by atoms with Gasteiger partial charge in [-0.25, -0.2) is 0 Å². The van der Waals surface area contributed by atoms with Gasteiger partial charge in [-0.05, 0) is 60.2 Å². The van der Waals surface area contributed by atoms with Crippen molar-refractivity contribution in [2.45, 2.75) is 33.6 Å². The topological polar surface area (TPSA) is 12.0 Å². The van der Waals surface area contributed by atoms with E-state index in [2.05, 4.69) is 42.9 Å². The van der Waals surface area contributed by atoms with Gasteiger partial charge in [0.05, 0.1) is 0 Å². The average molecular weight is 225 g/mol. The summed E-state index contributed by atoms with van der Waals surface area (Å²) in [5.74, 6) is 1.53. The molecule has 0 aliphatic carbocycles. The molecule has 0 fully saturated rings. The molecule has 1 N–H and O–H groups in total. The van der Waals surface area contributed by atoms with E-state index in [0.29, 0.717) is 0 Å². The fourth-order valence-electron chi connectivity index (χ4n) is 1.72. The Morgan fingerprint density at radius 3 is 2.73 bits per heavy atom. The lowest BCUT2D eigenvalue weighted by molar-refractivity contribution is 0.361. The van der Waals surface area contributed by atoms with Crippen LogP contribution in [0.4, 0.5) is 0 Å². The zero-order valence-corrected chi connectivity index (χ0v) is 10.9. The Hall–Kier alpha value is -0.340. The summed E-state index contributed by atoms with van der Waals surface area (Å²) in [6.07, 6.45) is 2.45. The van der Waals surface area contributed by atoms with Crippen LogP contribution in [-0.4, -0.2) is 13.1 Å². The third-order valence-electron chi connectivity index (χ3n) is 2.85. The van der Waals surface area contributed by atoms with Crippen LogP contribution in [0.5, 0.6) is 0 Å². The van der Waals surface area contributed by atoms with Gasteiger partial charge in [0, 0.05) is 0 Å². The van der Waals surface area contributed by atoms with E-state index in [4.69, 9.17) is 0 Å². The van der Waals surface area contributed by atoms with Crippen molar-refractivity contribution in [2.24, 2.45) is 11.8 Å². The summed E-state index contributed by atoms with van der Waals surface area (Å²) in [5.41, 5.74) is 1.50. The molecule has 1 aromatic rings. The lowest BCUT2D eigenvalue weighted by Gasteiger charge is -2.20. The van der Waals surface area contributed by atoms with E-state index in [1.54, 1.807) is 11.3 Å². The average Bonchev–Trinajstić information content (AvgIpc) is 2.69. The van der Waals surface area contributed by atoms with Crippen molar-refractivity contribution in [3.8, 4) is 0 Å². The maximum atomic E-state index is 3.53. The molecule has 0 aliphatic heterocycles. The first-order valence-corrected chi connectivity index (χ1v) is 6.90. The van der Waals surface area contributed by atoms with Crippen molar-refractivity contribution in [1.82, 2.24) is 5.32 Å². The predicted octanol–water partition coefficient (Wildman–Crippen LogP) is 3.56. The Balaban J connectivity index is 2.37. The fraction of sp³-hybridized carbons (Fsp3) is 0.692. The molecular formula is C13H23NS. The van der Waals surface area contributed by atoms with Crippen LogP contribution in [0.25, 0.3) is 0 Å². The highest BCUT2D eigenvalue weighted by Crippen LogP contribution is 2.18. The molecule has 15 heavy (non-hydrogen) atoms. The van der Waals surface area contributed by atoms with E-state index in [1.165, 1.54) is 18.4 Å². The first-order valence-electron chi connectivity index (χ1n) is 5.95. The van der Waals surface area contributed by atoms with Gasteiger partial charge in [-0.15, -0.1) is 0 Å². The molecule has 1 rings (SSSR count).